The van der Waals surface area contributed by atoms with E-state index in [4.69, 9.17) is 14.2 Å². The van der Waals surface area contributed by atoms with Gasteiger partial charge < -0.3 is 19.5 Å². The number of carbonyl (C=O) groups excluding carboxylic acids is 1. The van der Waals surface area contributed by atoms with Crippen LogP contribution in [0.5, 0.6) is 17.2 Å². The highest BCUT2D eigenvalue weighted by molar-refractivity contribution is 6.00. The zero-order valence-corrected chi connectivity index (χ0v) is 10.8. The van der Waals surface area contributed by atoms with E-state index in [2.05, 4.69) is 5.32 Å². The fraction of sp³-hybridized carbons (Fsp3) is 0.462. The zero-order chi connectivity index (χ0) is 13.1. The van der Waals surface area contributed by atoms with Crippen LogP contribution in [0.4, 0.5) is 0 Å². The lowest BCUT2D eigenvalue weighted by molar-refractivity contribution is 0.0944. The molecule has 0 atom stereocenters. The Hall–Kier alpha value is -1.91. The Balaban J connectivity index is 2.38. The Kier molecular flexibility index (Phi) is 3.60. The number of rotatable bonds is 5. The third-order valence-electron chi connectivity index (χ3n) is 2.85. The minimum absolute atomic E-state index is 0.172. The molecule has 0 bridgehead atoms. The van der Waals surface area contributed by atoms with E-state index >= 15 is 0 Å². The first-order chi connectivity index (χ1) is 8.69. The summed E-state index contributed by atoms with van der Waals surface area (Å²) in [6, 6.07) is 3.63. The molecule has 0 radical (unpaired) electrons. The molecule has 0 aromatic heterocycles. The van der Waals surface area contributed by atoms with E-state index in [0.717, 1.165) is 12.8 Å². The molecule has 2 rings (SSSR count). The van der Waals surface area contributed by atoms with Gasteiger partial charge in [-0.25, -0.2) is 0 Å². The van der Waals surface area contributed by atoms with Gasteiger partial charge in [-0.1, -0.05) is 0 Å². The van der Waals surface area contributed by atoms with E-state index in [1.165, 1.54) is 14.2 Å². The third kappa shape index (κ3) is 2.50. The number of carbonyl (C=O) groups is 1. The second-order valence-corrected chi connectivity index (χ2v) is 4.15. The third-order valence-corrected chi connectivity index (χ3v) is 2.85. The maximum atomic E-state index is 12.1. The number of nitrogens with one attached hydrogen (secondary N) is 1. The van der Waals surface area contributed by atoms with Crippen molar-refractivity contribution in [1.29, 1.82) is 0 Å². The summed E-state index contributed by atoms with van der Waals surface area (Å²) in [6.45, 7) is 0. The van der Waals surface area contributed by atoms with Crippen LogP contribution in [0.1, 0.15) is 23.2 Å². The monoisotopic (exact) mass is 251 g/mol. The lowest BCUT2D eigenvalue weighted by Gasteiger charge is -2.14. The quantitative estimate of drug-likeness (QED) is 0.863. The van der Waals surface area contributed by atoms with E-state index in [1.807, 2.05) is 0 Å². The van der Waals surface area contributed by atoms with Gasteiger partial charge in [0.25, 0.3) is 5.91 Å². The Morgan fingerprint density at radius 1 is 1.11 bits per heavy atom. The molecule has 18 heavy (non-hydrogen) atoms. The topological polar surface area (TPSA) is 56.8 Å². The first kappa shape index (κ1) is 12.5. The van der Waals surface area contributed by atoms with Crippen molar-refractivity contribution in [2.45, 2.75) is 18.9 Å². The van der Waals surface area contributed by atoms with Gasteiger partial charge in [-0.3, -0.25) is 4.79 Å². The van der Waals surface area contributed by atoms with Gasteiger partial charge in [-0.2, -0.15) is 0 Å². The van der Waals surface area contributed by atoms with Crippen LogP contribution in [-0.2, 0) is 0 Å². The van der Waals surface area contributed by atoms with Crippen molar-refractivity contribution in [3.8, 4) is 17.2 Å². The van der Waals surface area contributed by atoms with Crippen LogP contribution in [0.2, 0.25) is 0 Å². The van der Waals surface area contributed by atoms with E-state index in [1.54, 1.807) is 19.2 Å². The molecule has 0 aliphatic heterocycles. The molecule has 0 unspecified atom stereocenters. The Morgan fingerprint density at radius 2 is 1.67 bits per heavy atom. The van der Waals surface area contributed by atoms with E-state index in [0.29, 0.717) is 22.8 Å². The summed E-state index contributed by atoms with van der Waals surface area (Å²) in [7, 11) is 4.59. The summed E-state index contributed by atoms with van der Waals surface area (Å²) in [5.74, 6) is 1.31. The predicted molar refractivity (Wildman–Crippen MR) is 66.6 cm³/mol. The smallest absolute Gasteiger partial charge is 0.259 e. The zero-order valence-electron chi connectivity index (χ0n) is 10.8. The summed E-state index contributed by atoms with van der Waals surface area (Å²) in [6.07, 6.45) is 2.07. The van der Waals surface area contributed by atoms with Gasteiger partial charge in [-0.05, 0) is 12.8 Å². The highest BCUT2D eigenvalue weighted by Gasteiger charge is 2.27. The highest BCUT2D eigenvalue weighted by Crippen LogP contribution is 2.34. The van der Waals surface area contributed by atoms with Gasteiger partial charge in [0.15, 0.2) is 0 Å². The average molecular weight is 251 g/mol. The van der Waals surface area contributed by atoms with Gasteiger partial charge in [0.1, 0.15) is 22.8 Å². The molecule has 1 saturated carbocycles. The molecule has 1 aliphatic carbocycles. The molecule has 1 amide bonds. The molecular weight excluding hydrogens is 234 g/mol. The molecule has 5 nitrogen and oxygen atoms in total. The first-order valence-electron chi connectivity index (χ1n) is 5.80. The van der Waals surface area contributed by atoms with Crippen molar-refractivity contribution < 1.29 is 19.0 Å². The highest BCUT2D eigenvalue weighted by atomic mass is 16.5. The van der Waals surface area contributed by atoms with E-state index in [9.17, 15) is 4.79 Å². The summed E-state index contributed by atoms with van der Waals surface area (Å²) in [5, 5.41) is 2.92. The number of methoxy groups -OCH3 is 3. The van der Waals surface area contributed by atoms with Crippen LogP contribution in [0.15, 0.2) is 12.1 Å². The summed E-state index contributed by atoms with van der Waals surface area (Å²) < 4.78 is 15.6. The van der Waals surface area contributed by atoms with E-state index < -0.39 is 0 Å². The normalized spacial score (nSPS) is 13.9. The van der Waals surface area contributed by atoms with Crippen LogP contribution < -0.4 is 19.5 Å². The lowest BCUT2D eigenvalue weighted by Crippen LogP contribution is -2.26. The Labute approximate surface area is 106 Å². The Bertz CT molecular complexity index is 429. The second-order valence-electron chi connectivity index (χ2n) is 4.15. The van der Waals surface area contributed by atoms with Crippen molar-refractivity contribution in [3.63, 3.8) is 0 Å². The van der Waals surface area contributed by atoms with Crippen LogP contribution in [0, 0.1) is 0 Å². The van der Waals surface area contributed by atoms with Crippen LogP contribution in [0.25, 0.3) is 0 Å². The van der Waals surface area contributed by atoms with Gasteiger partial charge in [-0.15, -0.1) is 0 Å². The first-order valence-corrected chi connectivity index (χ1v) is 5.80. The van der Waals surface area contributed by atoms with Crippen molar-refractivity contribution >= 4 is 5.91 Å². The maximum absolute atomic E-state index is 12.1. The molecule has 1 N–H and O–H groups in total. The maximum Gasteiger partial charge on any atom is 0.259 e. The van der Waals surface area contributed by atoms with Gasteiger partial charge >= 0.3 is 0 Å². The van der Waals surface area contributed by atoms with Gasteiger partial charge in [0.05, 0.1) is 21.3 Å². The summed E-state index contributed by atoms with van der Waals surface area (Å²) in [5.41, 5.74) is 0.410. The van der Waals surface area contributed by atoms with Crippen molar-refractivity contribution in [2.24, 2.45) is 0 Å². The molecule has 0 heterocycles. The van der Waals surface area contributed by atoms with Crippen molar-refractivity contribution in [3.05, 3.63) is 17.7 Å². The number of ether oxygens (including phenoxy) is 3. The minimum Gasteiger partial charge on any atom is -0.496 e. The molecule has 0 saturated heterocycles. The minimum atomic E-state index is -0.172. The number of amides is 1. The number of hydrogen-bond acceptors (Lipinski definition) is 4. The lowest BCUT2D eigenvalue weighted by atomic mass is 10.1. The number of benzene rings is 1. The molecule has 98 valence electrons. The molecule has 0 spiro atoms. The molecule has 1 aromatic carbocycles. The average Bonchev–Trinajstić information content (AvgIpc) is 3.20. The van der Waals surface area contributed by atoms with E-state index in [-0.39, 0.29) is 11.9 Å². The summed E-state index contributed by atoms with van der Waals surface area (Å²) in [4.78, 5) is 12.1. The predicted octanol–water partition coefficient (Wildman–Crippen LogP) is 1.60. The second kappa shape index (κ2) is 5.16. The standard InChI is InChI=1S/C13H17NO4/c1-16-9-6-10(17-2)12(11(7-9)18-3)13(15)14-8-4-5-8/h6-8H,4-5H2,1-3H3,(H,14,15). The molecule has 1 fully saturated rings. The van der Waals surface area contributed by atoms with Crippen LogP contribution in [0.3, 0.4) is 0 Å². The molecule has 5 heteroatoms. The largest absolute Gasteiger partial charge is 0.496 e. The number of hydrogen-bond donors (Lipinski definition) is 1. The van der Waals surface area contributed by atoms with Crippen LogP contribution >= 0.6 is 0 Å². The SMILES string of the molecule is COc1cc(OC)c(C(=O)NC2CC2)c(OC)c1. The van der Waals surface area contributed by atoms with Gasteiger partial charge in [0, 0.05) is 18.2 Å². The molecule has 1 aliphatic rings. The van der Waals surface area contributed by atoms with Crippen molar-refractivity contribution in [1.82, 2.24) is 5.32 Å². The fourth-order valence-corrected chi connectivity index (χ4v) is 1.71. The van der Waals surface area contributed by atoms with Crippen LogP contribution in [-0.4, -0.2) is 33.3 Å². The summed E-state index contributed by atoms with van der Waals surface area (Å²) >= 11 is 0. The van der Waals surface area contributed by atoms with Crippen molar-refractivity contribution in [2.75, 3.05) is 21.3 Å². The molecular formula is C13H17NO4. The van der Waals surface area contributed by atoms with Gasteiger partial charge in [0.2, 0.25) is 0 Å². The fourth-order valence-electron chi connectivity index (χ4n) is 1.71. The molecule has 1 aromatic rings. The Morgan fingerprint density at radius 3 is 2.06 bits per heavy atom.